The number of benzene rings is 3. The fourth-order valence-electron chi connectivity index (χ4n) is 3.14. The fraction of sp³-hybridized carbons (Fsp3) is 0.0909. The average molecular weight is 362 g/mol. The van der Waals surface area contributed by atoms with Crippen LogP contribution in [0.4, 0.5) is 4.39 Å². The van der Waals surface area contributed by atoms with E-state index in [-0.39, 0.29) is 16.9 Å². The van der Waals surface area contributed by atoms with Crippen LogP contribution in [0.25, 0.3) is 11.1 Å². The van der Waals surface area contributed by atoms with Gasteiger partial charge in [-0.1, -0.05) is 48.5 Å². The molecule has 0 aromatic heterocycles. The molecule has 27 heavy (non-hydrogen) atoms. The molecule has 4 nitrogen and oxygen atoms in total. The van der Waals surface area contributed by atoms with E-state index < -0.39 is 11.8 Å². The molecule has 2 amide bonds. The van der Waals surface area contributed by atoms with Gasteiger partial charge in [-0.15, -0.1) is 0 Å². The summed E-state index contributed by atoms with van der Waals surface area (Å²) >= 11 is 0. The highest BCUT2D eigenvalue weighted by molar-refractivity contribution is 6.08. The van der Waals surface area contributed by atoms with E-state index in [1.807, 2.05) is 18.2 Å². The van der Waals surface area contributed by atoms with Crippen LogP contribution in [-0.2, 0) is 12.8 Å². The lowest BCUT2D eigenvalue weighted by molar-refractivity contribution is 0.0999. The molecule has 3 aromatic carbocycles. The molecule has 4 N–H and O–H groups in total. The Hall–Kier alpha value is -3.47. The topological polar surface area (TPSA) is 86.2 Å². The van der Waals surface area contributed by atoms with Gasteiger partial charge >= 0.3 is 0 Å². The van der Waals surface area contributed by atoms with Crippen molar-refractivity contribution in [2.24, 2.45) is 11.5 Å². The number of hydrogen-bond donors (Lipinski definition) is 2. The molecule has 0 unspecified atom stereocenters. The molecule has 0 aliphatic heterocycles. The second-order valence-electron chi connectivity index (χ2n) is 6.25. The van der Waals surface area contributed by atoms with Crippen molar-refractivity contribution in [2.75, 3.05) is 0 Å². The largest absolute Gasteiger partial charge is 0.366 e. The summed E-state index contributed by atoms with van der Waals surface area (Å²) in [6.45, 7) is 0. The molecule has 0 fully saturated rings. The van der Waals surface area contributed by atoms with E-state index >= 15 is 0 Å². The van der Waals surface area contributed by atoms with E-state index in [4.69, 9.17) is 11.5 Å². The van der Waals surface area contributed by atoms with Gasteiger partial charge in [-0.2, -0.15) is 0 Å². The first-order valence-corrected chi connectivity index (χ1v) is 8.52. The molecule has 0 bridgehead atoms. The maximum atomic E-state index is 13.8. The summed E-state index contributed by atoms with van der Waals surface area (Å²) in [5.74, 6) is -1.50. The number of carbonyl (C=O) groups excluding carboxylic acids is 2. The minimum absolute atomic E-state index is 0.233. The number of primary amides is 2. The maximum Gasteiger partial charge on any atom is 0.249 e. The van der Waals surface area contributed by atoms with Crippen molar-refractivity contribution in [3.05, 3.63) is 94.8 Å². The summed E-state index contributed by atoms with van der Waals surface area (Å²) in [6, 6.07) is 18.8. The normalized spacial score (nSPS) is 10.6. The first-order chi connectivity index (χ1) is 13.0. The first kappa shape index (κ1) is 18.3. The molecule has 136 valence electrons. The van der Waals surface area contributed by atoms with Crippen LogP contribution < -0.4 is 11.5 Å². The second-order valence-corrected chi connectivity index (χ2v) is 6.25. The van der Waals surface area contributed by atoms with Crippen molar-refractivity contribution in [1.29, 1.82) is 0 Å². The zero-order valence-corrected chi connectivity index (χ0v) is 14.6. The molecular formula is C22H19FN2O2. The molecule has 5 heteroatoms. The smallest absolute Gasteiger partial charge is 0.249 e. The Labute approximate surface area is 156 Å². The number of carbonyl (C=O) groups is 2. The third-order valence-corrected chi connectivity index (χ3v) is 4.45. The summed E-state index contributed by atoms with van der Waals surface area (Å²) in [7, 11) is 0. The summed E-state index contributed by atoms with van der Waals surface area (Å²) in [5.41, 5.74) is 14.1. The summed E-state index contributed by atoms with van der Waals surface area (Å²) in [5, 5.41) is 0. The van der Waals surface area contributed by atoms with Crippen molar-refractivity contribution in [3.8, 4) is 11.1 Å². The van der Waals surface area contributed by atoms with Gasteiger partial charge in [0.15, 0.2) is 0 Å². The fourth-order valence-corrected chi connectivity index (χ4v) is 3.14. The zero-order chi connectivity index (χ0) is 19.4. The Morgan fingerprint density at radius 2 is 1.41 bits per heavy atom. The second kappa shape index (κ2) is 7.83. The lowest BCUT2D eigenvalue weighted by Crippen LogP contribution is -2.18. The van der Waals surface area contributed by atoms with E-state index in [2.05, 4.69) is 0 Å². The highest BCUT2D eigenvalue weighted by atomic mass is 19.1. The molecule has 0 spiro atoms. The van der Waals surface area contributed by atoms with Crippen molar-refractivity contribution in [3.63, 3.8) is 0 Å². The Bertz CT molecular complexity index is 982. The van der Waals surface area contributed by atoms with Crippen molar-refractivity contribution in [2.45, 2.75) is 12.8 Å². The summed E-state index contributed by atoms with van der Waals surface area (Å²) < 4.78 is 13.8. The van der Waals surface area contributed by atoms with Gasteiger partial charge in [0.25, 0.3) is 0 Å². The Balaban J connectivity index is 1.98. The molecule has 0 atom stereocenters. The number of halogens is 1. The number of hydrogen-bond acceptors (Lipinski definition) is 2. The Kier molecular flexibility index (Phi) is 5.31. The number of amides is 2. The van der Waals surface area contributed by atoms with Gasteiger partial charge in [0, 0.05) is 16.7 Å². The van der Waals surface area contributed by atoms with E-state index in [0.29, 0.717) is 29.5 Å². The molecule has 0 radical (unpaired) electrons. The summed E-state index contributed by atoms with van der Waals surface area (Å²) in [4.78, 5) is 23.7. The van der Waals surface area contributed by atoms with Crippen LogP contribution in [0.2, 0.25) is 0 Å². The third-order valence-electron chi connectivity index (χ3n) is 4.45. The average Bonchev–Trinajstić information content (AvgIpc) is 2.67. The number of nitrogens with two attached hydrogens (primary N) is 2. The van der Waals surface area contributed by atoms with Crippen molar-refractivity contribution >= 4 is 11.8 Å². The molecule has 0 saturated heterocycles. The molecule has 0 aliphatic carbocycles. The highest BCUT2D eigenvalue weighted by Gasteiger charge is 2.17. The molecule has 0 saturated carbocycles. The lowest BCUT2D eigenvalue weighted by Gasteiger charge is -2.13. The van der Waals surface area contributed by atoms with Crippen molar-refractivity contribution < 1.29 is 14.0 Å². The number of aryl methyl sites for hydroxylation is 2. The quantitative estimate of drug-likeness (QED) is 0.703. The Morgan fingerprint density at radius 3 is 2.04 bits per heavy atom. The van der Waals surface area contributed by atoms with E-state index in [1.54, 1.807) is 42.5 Å². The predicted octanol–water partition coefficient (Wildman–Crippen LogP) is 3.48. The van der Waals surface area contributed by atoms with Gasteiger partial charge in [-0.05, 0) is 47.7 Å². The van der Waals surface area contributed by atoms with Gasteiger partial charge in [-0.3, -0.25) is 9.59 Å². The monoisotopic (exact) mass is 362 g/mol. The summed E-state index contributed by atoms with van der Waals surface area (Å²) in [6.07, 6.45) is 1.15. The zero-order valence-electron chi connectivity index (χ0n) is 14.6. The van der Waals surface area contributed by atoms with Crippen molar-refractivity contribution in [1.82, 2.24) is 0 Å². The molecular weight excluding hydrogens is 343 g/mol. The van der Waals surface area contributed by atoms with Crippen LogP contribution in [0.5, 0.6) is 0 Å². The van der Waals surface area contributed by atoms with Crippen LogP contribution in [0.15, 0.2) is 66.7 Å². The van der Waals surface area contributed by atoms with Gasteiger partial charge in [0.05, 0.1) is 0 Å². The van der Waals surface area contributed by atoms with E-state index in [0.717, 1.165) is 5.56 Å². The maximum absolute atomic E-state index is 13.8. The SMILES string of the molecule is NC(=O)c1cccc(C(N)=O)c1-c1cccc(CCc2ccccc2F)c1. The standard InChI is InChI=1S/C22H19FN2O2/c23-19-10-2-1-6-15(19)12-11-14-5-3-7-16(13-14)20-17(21(24)26)8-4-9-18(20)22(25)27/h1-10,13H,11-12H2,(H2,24,26)(H2,25,27). The van der Waals surface area contributed by atoms with Gasteiger partial charge < -0.3 is 11.5 Å². The van der Waals surface area contributed by atoms with E-state index in [1.165, 1.54) is 6.07 Å². The lowest BCUT2D eigenvalue weighted by atomic mass is 9.91. The van der Waals surface area contributed by atoms with Crippen LogP contribution in [0, 0.1) is 5.82 Å². The van der Waals surface area contributed by atoms with Gasteiger partial charge in [-0.25, -0.2) is 4.39 Å². The van der Waals surface area contributed by atoms with Crippen LogP contribution in [-0.4, -0.2) is 11.8 Å². The van der Waals surface area contributed by atoms with Gasteiger partial charge in [0.1, 0.15) is 5.82 Å². The minimum Gasteiger partial charge on any atom is -0.366 e. The van der Waals surface area contributed by atoms with Crippen LogP contribution >= 0.6 is 0 Å². The van der Waals surface area contributed by atoms with E-state index in [9.17, 15) is 14.0 Å². The molecule has 0 aliphatic rings. The van der Waals surface area contributed by atoms with Gasteiger partial charge in [0.2, 0.25) is 11.8 Å². The number of rotatable bonds is 6. The predicted molar refractivity (Wildman–Crippen MR) is 103 cm³/mol. The first-order valence-electron chi connectivity index (χ1n) is 8.52. The molecule has 3 aromatic rings. The molecule has 3 rings (SSSR count). The van der Waals surface area contributed by atoms with Crippen LogP contribution in [0.3, 0.4) is 0 Å². The highest BCUT2D eigenvalue weighted by Crippen LogP contribution is 2.29. The third kappa shape index (κ3) is 4.03. The Morgan fingerprint density at radius 1 is 0.778 bits per heavy atom. The molecule has 0 heterocycles. The minimum atomic E-state index is -0.634. The van der Waals surface area contributed by atoms with Crippen LogP contribution in [0.1, 0.15) is 31.8 Å².